The van der Waals surface area contributed by atoms with Crippen LogP contribution in [0, 0.1) is 0 Å². The van der Waals surface area contributed by atoms with Gasteiger partial charge in [0.25, 0.3) is 5.91 Å². The monoisotopic (exact) mass is 347 g/mol. The molecule has 0 saturated carbocycles. The van der Waals surface area contributed by atoms with Crippen molar-refractivity contribution in [1.29, 1.82) is 0 Å². The summed E-state index contributed by atoms with van der Waals surface area (Å²) in [7, 11) is 0. The largest absolute Gasteiger partial charge is 0.350 e. The topological polar surface area (TPSA) is 71.0 Å². The van der Waals surface area contributed by atoms with Crippen molar-refractivity contribution < 1.29 is 4.79 Å². The highest BCUT2D eigenvalue weighted by atomic mass is 79.9. The summed E-state index contributed by atoms with van der Waals surface area (Å²) in [5.41, 5.74) is 0.484. The lowest BCUT2D eigenvalue weighted by atomic mass is 10.3. The van der Waals surface area contributed by atoms with E-state index in [1.807, 2.05) is 6.07 Å². The number of hydrogen-bond acceptors (Lipinski definition) is 5. The number of hydrogen-bond donors (Lipinski definition) is 1. The van der Waals surface area contributed by atoms with Gasteiger partial charge in [-0.1, -0.05) is 6.07 Å². The van der Waals surface area contributed by atoms with E-state index in [0.717, 1.165) is 10.9 Å². The molecule has 7 heteroatoms. The number of carbonyl (C=O) groups is 1. The predicted octanol–water partition coefficient (Wildman–Crippen LogP) is 1.96. The Balaban J connectivity index is 1.60. The smallest absolute Gasteiger partial charge is 0.272 e. The van der Waals surface area contributed by atoms with Gasteiger partial charge in [0.1, 0.15) is 5.69 Å². The van der Waals surface area contributed by atoms with Crippen molar-refractivity contribution in [2.45, 2.75) is 12.5 Å². The van der Waals surface area contributed by atoms with Gasteiger partial charge in [0.15, 0.2) is 0 Å². The zero-order valence-corrected chi connectivity index (χ0v) is 12.8. The van der Waals surface area contributed by atoms with E-state index in [9.17, 15) is 4.79 Å². The Bertz CT molecular complexity index is 619. The molecule has 1 fully saturated rings. The van der Waals surface area contributed by atoms with Crippen molar-refractivity contribution in [1.82, 2.24) is 19.9 Å². The molecular formula is C14H14BrN5O. The van der Waals surface area contributed by atoms with Gasteiger partial charge in [-0.2, -0.15) is 0 Å². The summed E-state index contributed by atoms with van der Waals surface area (Å²) < 4.78 is 0.839. The molecule has 0 bridgehead atoms. The molecule has 2 aromatic heterocycles. The molecule has 2 aromatic rings. The lowest BCUT2D eigenvalue weighted by Crippen LogP contribution is -2.32. The Hall–Kier alpha value is -2.02. The second kappa shape index (κ2) is 6.17. The number of amides is 1. The van der Waals surface area contributed by atoms with Crippen molar-refractivity contribution >= 4 is 27.8 Å². The van der Waals surface area contributed by atoms with E-state index in [4.69, 9.17) is 0 Å². The minimum atomic E-state index is -0.0309. The minimum Gasteiger partial charge on any atom is -0.350 e. The van der Waals surface area contributed by atoms with E-state index in [1.165, 1.54) is 0 Å². The molecule has 3 heterocycles. The quantitative estimate of drug-likeness (QED) is 0.918. The molecule has 6 nitrogen and oxygen atoms in total. The summed E-state index contributed by atoms with van der Waals surface area (Å²) in [4.78, 5) is 26.6. The number of likely N-dealkylation sites (tertiary alicyclic amines) is 1. The highest BCUT2D eigenvalue weighted by Gasteiger charge is 2.27. The van der Waals surface area contributed by atoms with E-state index < -0.39 is 0 Å². The summed E-state index contributed by atoms with van der Waals surface area (Å²) in [6, 6.07) is 5.53. The molecule has 108 valence electrons. The first-order valence-corrected chi connectivity index (χ1v) is 7.46. The molecule has 1 aliphatic heterocycles. The Morgan fingerprint density at radius 2 is 2.10 bits per heavy atom. The fourth-order valence-corrected chi connectivity index (χ4v) is 2.49. The maximum Gasteiger partial charge on any atom is 0.272 e. The van der Waals surface area contributed by atoms with E-state index in [1.54, 1.807) is 35.6 Å². The fraction of sp³-hybridized carbons (Fsp3) is 0.286. The highest BCUT2D eigenvalue weighted by Crippen LogP contribution is 2.16. The van der Waals surface area contributed by atoms with Crippen molar-refractivity contribution in [2.24, 2.45) is 0 Å². The third-order valence-electron chi connectivity index (χ3n) is 3.31. The molecule has 1 N–H and O–H groups in total. The fourth-order valence-electron chi connectivity index (χ4n) is 2.28. The third kappa shape index (κ3) is 3.36. The zero-order chi connectivity index (χ0) is 14.7. The number of halogens is 1. The lowest BCUT2D eigenvalue weighted by molar-refractivity contribution is 0.0786. The number of pyridine rings is 1. The van der Waals surface area contributed by atoms with Crippen LogP contribution in [0.25, 0.3) is 0 Å². The minimum absolute atomic E-state index is 0.0309. The molecular weight excluding hydrogens is 334 g/mol. The van der Waals surface area contributed by atoms with Crippen LogP contribution in [0.3, 0.4) is 0 Å². The first-order valence-electron chi connectivity index (χ1n) is 6.67. The van der Waals surface area contributed by atoms with Crippen LogP contribution >= 0.6 is 15.9 Å². The van der Waals surface area contributed by atoms with Gasteiger partial charge in [-0.05, 0) is 34.5 Å². The Kier molecular flexibility index (Phi) is 4.10. The molecule has 21 heavy (non-hydrogen) atoms. The summed E-state index contributed by atoms with van der Waals surface area (Å²) in [5, 5.41) is 3.25. The normalized spacial score (nSPS) is 17.8. The average molecular weight is 348 g/mol. The second-order valence-electron chi connectivity index (χ2n) is 4.82. The van der Waals surface area contributed by atoms with E-state index >= 15 is 0 Å². The van der Waals surface area contributed by atoms with Gasteiger partial charge in [-0.3, -0.25) is 9.78 Å². The molecule has 0 radical (unpaired) electrons. The zero-order valence-electron chi connectivity index (χ0n) is 11.2. The molecule has 0 aliphatic carbocycles. The first-order chi connectivity index (χ1) is 10.2. The average Bonchev–Trinajstić information content (AvgIpc) is 2.98. The Morgan fingerprint density at radius 1 is 1.29 bits per heavy atom. The Labute approximate surface area is 130 Å². The third-order valence-corrected chi connectivity index (χ3v) is 3.72. The van der Waals surface area contributed by atoms with Crippen LogP contribution in [0.15, 0.2) is 41.3 Å². The summed E-state index contributed by atoms with van der Waals surface area (Å²) in [6.07, 6.45) is 5.90. The van der Waals surface area contributed by atoms with Crippen molar-refractivity contribution in [2.75, 3.05) is 18.4 Å². The van der Waals surface area contributed by atoms with Crippen molar-refractivity contribution in [3.8, 4) is 0 Å². The molecule has 1 amide bonds. The summed E-state index contributed by atoms with van der Waals surface area (Å²) in [6.45, 7) is 1.35. The number of nitrogens with one attached hydrogen (secondary N) is 1. The highest BCUT2D eigenvalue weighted by molar-refractivity contribution is 9.10. The van der Waals surface area contributed by atoms with E-state index in [2.05, 4.69) is 36.2 Å². The summed E-state index contributed by atoms with van der Waals surface area (Å²) >= 11 is 3.30. The molecule has 3 rings (SSSR count). The maximum absolute atomic E-state index is 12.3. The molecule has 1 unspecified atom stereocenters. The molecule has 1 aliphatic rings. The van der Waals surface area contributed by atoms with E-state index in [-0.39, 0.29) is 11.9 Å². The van der Waals surface area contributed by atoms with E-state index in [0.29, 0.717) is 24.7 Å². The maximum atomic E-state index is 12.3. The van der Waals surface area contributed by atoms with Crippen molar-refractivity contribution in [3.05, 3.63) is 47.0 Å². The molecule has 1 atom stereocenters. The van der Waals surface area contributed by atoms with Gasteiger partial charge < -0.3 is 10.2 Å². The molecule has 1 saturated heterocycles. The van der Waals surface area contributed by atoms with Crippen LogP contribution in [0.2, 0.25) is 0 Å². The van der Waals surface area contributed by atoms with Gasteiger partial charge in [-0.25, -0.2) is 9.97 Å². The van der Waals surface area contributed by atoms with Crippen LogP contribution in [-0.2, 0) is 0 Å². The Morgan fingerprint density at radius 3 is 2.81 bits per heavy atom. The number of nitrogens with zero attached hydrogens (tertiary/aromatic N) is 4. The first kappa shape index (κ1) is 13.9. The van der Waals surface area contributed by atoms with Gasteiger partial charge in [-0.15, -0.1) is 0 Å². The van der Waals surface area contributed by atoms with Crippen LogP contribution in [0.4, 0.5) is 5.95 Å². The van der Waals surface area contributed by atoms with Crippen molar-refractivity contribution in [3.63, 3.8) is 0 Å². The lowest BCUT2D eigenvalue weighted by Gasteiger charge is -2.16. The van der Waals surface area contributed by atoms with Crippen LogP contribution in [-0.4, -0.2) is 44.9 Å². The molecule has 0 spiro atoms. The van der Waals surface area contributed by atoms with Crippen LogP contribution in [0.1, 0.15) is 16.9 Å². The predicted molar refractivity (Wildman–Crippen MR) is 81.9 cm³/mol. The second-order valence-corrected chi connectivity index (χ2v) is 5.74. The number of aromatic nitrogens is 3. The standard InChI is InChI=1S/C14H14BrN5O/c15-10-7-17-14(18-8-10)19-11-4-6-20(9-11)13(21)12-3-1-2-5-16-12/h1-3,5,7-8,11H,4,6,9H2,(H,17,18,19). The number of anilines is 1. The van der Waals surface area contributed by atoms with Gasteiger partial charge in [0.2, 0.25) is 5.95 Å². The van der Waals surface area contributed by atoms with Crippen LogP contribution in [0.5, 0.6) is 0 Å². The van der Waals surface area contributed by atoms with Gasteiger partial charge in [0, 0.05) is 37.7 Å². The van der Waals surface area contributed by atoms with Gasteiger partial charge in [0.05, 0.1) is 4.47 Å². The SMILES string of the molecule is O=C(c1ccccn1)N1CCC(Nc2ncc(Br)cn2)C1. The molecule has 0 aromatic carbocycles. The number of rotatable bonds is 3. The number of carbonyl (C=O) groups excluding carboxylic acids is 1. The van der Waals surface area contributed by atoms with Crippen LogP contribution < -0.4 is 5.32 Å². The summed E-state index contributed by atoms with van der Waals surface area (Å²) in [5.74, 6) is 0.548. The van der Waals surface area contributed by atoms with Gasteiger partial charge >= 0.3 is 0 Å².